The van der Waals surface area contributed by atoms with Gasteiger partial charge in [0.1, 0.15) is 0 Å². The van der Waals surface area contributed by atoms with E-state index in [1.54, 1.807) is 24.3 Å². The lowest BCUT2D eigenvalue weighted by molar-refractivity contribution is -0.805. The minimum absolute atomic E-state index is 0. The second-order valence-electron chi connectivity index (χ2n) is 7.74. The first kappa shape index (κ1) is 27.3. The van der Waals surface area contributed by atoms with Crippen molar-refractivity contribution in [3.05, 3.63) is 64.7 Å². The number of halogens is 1. The SMILES string of the molecule is CCN(CC)CCC[NH+](CC(=O)Nc1c(C)cccc1C)C(=O)c1ccc(C#N)cc1.[Cl-]. The van der Waals surface area contributed by atoms with E-state index >= 15 is 0 Å². The second-order valence-corrected chi connectivity index (χ2v) is 7.74. The van der Waals surface area contributed by atoms with Gasteiger partial charge in [-0.3, -0.25) is 9.69 Å². The smallest absolute Gasteiger partial charge is 0.344 e. The molecule has 0 fully saturated rings. The maximum atomic E-state index is 13.2. The van der Waals surface area contributed by atoms with E-state index in [9.17, 15) is 9.59 Å². The largest absolute Gasteiger partial charge is 1.00 e. The van der Waals surface area contributed by atoms with Gasteiger partial charge in [0.05, 0.1) is 23.7 Å². The minimum Gasteiger partial charge on any atom is -1.00 e. The Labute approximate surface area is 197 Å². The number of anilines is 1. The molecule has 2 N–H and O–H groups in total. The molecule has 32 heavy (non-hydrogen) atoms. The molecule has 2 aromatic carbocycles. The van der Waals surface area contributed by atoms with Crippen molar-refractivity contribution in [1.29, 1.82) is 5.26 Å². The van der Waals surface area contributed by atoms with Crippen molar-refractivity contribution in [2.75, 3.05) is 38.0 Å². The number of para-hydroxylation sites is 1. The molecule has 0 aliphatic carbocycles. The molecule has 1 unspecified atom stereocenters. The van der Waals surface area contributed by atoms with E-state index in [0.717, 1.165) is 42.9 Å². The van der Waals surface area contributed by atoms with Crippen LogP contribution in [-0.2, 0) is 4.79 Å². The molecular weight excluding hydrogens is 424 g/mol. The number of carbonyl (C=O) groups is 2. The molecule has 0 radical (unpaired) electrons. The van der Waals surface area contributed by atoms with Crippen LogP contribution in [0.1, 0.15) is 47.3 Å². The van der Waals surface area contributed by atoms with Gasteiger partial charge in [0.2, 0.25) is 0 Å². The van der Waals surface area contributed by atoms with Gasteiger partial charge in [0.25, 0.3) is 5.91 Å². The van der Waals surface area contributed by atoms with E-state index in [-0.39, 0.29) is 30.8 Å². The third-order valence-corrected chi connectivity index (χ3v) is 5.56. The van der Waals surface area contributed by atoms with Crippen LogP contribution in [0, 0.1) is 25.2 Å². The van der Waals surface area contributed by atoms with Crippen molar-refractivity contribution in [1.82, 2.24) is 4.90 Å². The summed E-state index contributed by atoms with van der Waals surface area (Å²) in [5.41, 5.74) is 3.81. The summed E-state index contributed by atoms with van der Waals surface area (Å²) < 4.78 is 0. The van der Waals surface area contributed by atoms with Gasteiger partial charge in [-0.1, -0.05) is 32.0 Å². The number of nitrogens with zero attached hydrogens (tertiary/aromatic N) is 2. The first-order valence-corrected chi connectivity index (χ1v) is 10.9. The van der Waals surface area contributed by atoms with Crippen LogP contribution in [0.2, 0.25) is 0 Å². The molecule has 0 aliphatic rings. The van der Waals surface area contributed by atoms with Gasteiger partial charge in [0.15, 0.2) is 6.54 Å². The van der Waals surface area contributed by atoms with Crippen molar-refractivity contribution in [3.63, 3.8) is 0 Å². The molecule has 172 valence electrons. The first-order chi connectivity index (χ1) is 14.9. The number of quaternary nitrogens is 1. The molecule has 0 aliphatic heterocycles. The molecule has 2 rings (SSSR count). The lowest BCUT2D eigenvalue weighted by Gasteiger charge is -2.21. The number of hydrogen-bond acceptors (Lipinski definition) is 4. The number of nitrogens with one attached hydrogen (secondary N) is 2. The van der Waals surface area contributed by atoms with Crippen molar-refractivity contribution < 1.29 is 26.9 Å². The maximum absolute atomic E-state index is 13.2. The zero-order valence-corrected chi connectivity index (χ0v) is 20.1. The lowest BCUT2D eigenvalue weighted by atomic mass is 10.1. The highest BCUT2D eigenvalue weighted by Crippen LogP contribution is 2.18. The molecule has 6 nitrogen and oxygen atoms in total. The summed E-state index contributed by atoms with van der Waals surface area (Å²) in [6.07, 6.45) is 0.815. The third kappa shape index (κ3) is 7.76. The summed E-state index contributed by atoms with van der Waals surface area (Å²) in [6, 6.07) is 14.5. The van der Waals surface area contributed by atoms with Gasteiger partial charge in [0, 0.05) is 18.7 Å². The van der Waals surface area contributed by atoms with Crippen LogP contribution >= 0.6 is 0 Å². The average Bonchev–Trinajstić information content (AvgIpc) is 2.78. The Kier molecular flexibility index (Phi) is 11.6. The van der Waals surface area contributed by atoms with E-state index in [1.165, 1.54) is 0 Å². The fraction of sp³-hybridized carbons (Fsp3) is 0.400. The topological polar surface area (TPSA) is 77.6 Å². The van der Waals surface area contributed by atoms with Gasteiger partial charge in [-0.15, -0.1) is 0 Å². The van der Waals surface area contributed by atoms with Crippen LogP contribution in [0.15, 0.2) is 42.5 Å². The maximum Gasteiger partial charge on any atom is 0.344 e. The van der Waals surface area contributed by atoms with E-state index < -0.39 is 0 Å². The van der Waals surface area contributed by atoms with Crippen molar-refractivity contribution in [2.45, 2.75) is 34.1 Å². The molecule has 0 aromatic heterocycles. The Morgan fingerprint density at radius 2 is 1.62 bits per heavy atom. The molecule has 0 saturated carbocycles. The Hall–Kier alpha value is -2.72. The summed E-state index contributed by atoms with van der Waals surface area (Å²) >= 11 is 0. The summed E-state index contributed by atoms with van der Waals surface area (Å²) in [5, 5.41) is 12.0. The number of rotatable bonds is 10. The monoisotopic (exact) mass is 456 g/mol. The van der Waals surface area contributed by atoms with Crippen LogP contribution < -0.4 is 22.6 Å². The quantitative estimate of drug-likeness (QED) is 0.509. The average molecular weight is 457 g/mol. The molecule has 0 heterocycles. The predicted octanol–water partition coefficient (Wildman–Crippen LogP) is -0.425. The van der Waals surface area contributed by atoms with Gasteiger partial charge < -0.3 is 22.6 Å². The molecule has 2 aromatic rings. The normalized spacial score (nSPS) is 11.4. The molecule has 0 saturated heterocycles. The number of amides is 2. The van der Waals surface area contributed by atoms with Crippen molar-refractivity contribution in [2.24, 2.45) is 0 Å². The number of nitriles is 1. The third-order valence-electron chi connectivity index (χ3n) is 5.56. The standard InChI is InChI=1S/C25H32N4O2.ClH/c1-5-28(6-2)15-8-16-29(25(31)22-13-11-21(17-26)12-14-22)18-23(30)27-24-19(3)9-7-10-20(24)4;/h7,9-14H,5-6,8,15-16,18H2,1-4H3,(H,27,30);1H. The molecule has 2 amide bonds. The fourth-order valence-corrected chi connectivity index (χ4v) is 3.63. The van der Waals surface area contributed by atoms with Crippen molar-refractivity contribution in [3.8, 4) is 6.07 Å². The van der Waals surface area contributed by atoms with Crippen LogP contribution in [-0.4, -0.2) is 49.4 Å². The highest BCUT2D eigenvalue weighted by molar-refractivity contribution is 5.95. The molecule has 0 bridgehead atoms. The molecule has 0 spiro atoms. The first-order valence-electron chi connectivity index (χ1n) is 10.9. The van der Waals surface area contributed by atoms with Crippen LogP contribution in [0.5, 0.6) is 0 Å². The Morgan fingerprint density at radius 1 is 1.03 bits per heavy atom. The molecule has 7 heteroatoms. The highest BCUT2D eigenvalue weighted by atomic mass is 35.5. The Bertz CT molecular complexity index is 914. The van der Waals surface area contributed by atoms with Crippen LogP contribution in [0.4, 0.5) is 5.69 Å². The number of carbonyl (C=O) groups excluding carboxylic acids is 2. The lowest BCUT2D eigenvalue weighted by Crippen LogP contribution is -3.15. The summed E-state index contributed by atoms with van der Waals surface area (Å²) in [5.74, 6) is -0.307. The number of hydrogen-bond donors (Lipinski definition) is 2. The van der Waals surface area contributed by atoms with Gasteiger partial charge in [-0.05, 0) is 62.3 Å². The van der Waals surface area contributed by atoms with E-state index in [4.69, 9.17) is 5.26 Å². The van der Waals surface area contributed by atoms with Gasteiger partial charge >= 0.3 is 5.91 Å². The Balaban J connectivity index is 0.00000512. The van der Waals surface area contributed by atoms with Crippen LogP contribution in [0.3, 0.4) is 0 Å². The van der Waals surface area contributed by atoms with E-state index in [0.29, 0.717) is 22.6 Å². The summed E-state index contributed by atoms with van der Waals surface area (Å²) in [6.45, 7) is 11.6. The van der Waals surface area contributed by atoms with E-state index in [2.05, 4.69) is 30.1 Å². The predicted molar refractivity (Wildman–Crippen MR) is 123 cm³/mol. The number of aryl methyl sites for hydroxylation is 2. The van der Waals surface area contributed by atoms with Crippen molar-refractivity contribution >= 4 is 17.5 Å². The fourth-order valence-electron chi connectivity index (χ4n) is 3.63. The zero-order valence-electron chi connectivity index (χ0n) is 19.4. The second kappa shape index (κ2) is 13.6. The summed E-state index contributed by atoms with van der Waals surface area (Å²) in [4.78, 5) is 28.9. The number of benzene rings is 2. The Morgan fingerprint density at radius 3 is 2.16 bits per heavy atom. The van der Waals surface area contributed by atoms with E-state index in [1.807, 2.05) is 32.0 Å². The van der Waals surface area contributed by atoms with Gasteiger partial charge in [-0.25, -0.2) is 4.79 Å². The van der Waals surface area contributed by atoms with Gasteiger partial charge in [-0.2, -0.15) is 5.26 Å². The minimum atomic E-state index is -0.183. The molecular formula is C25H33ClN4O2. The highest BCUT2D eigenvalue weighted by Gasteiger charge is 2.25. The van der Waals surface area contributed by atoms with Crippen LogP contribution in [0.25, 0.3) is 0 Å². The molecule has 1 atom stereocenters. The summed E-state index contributed by atoms with van der Waals surface area (Å²) in [7, 11) is 0. The zero-order chi connectivity index (χ0) is 22.8.